The molecule has 1 fully saturated rings. The lowest BCUT2D eigenvalue weighted by atomic mass is 10.4. The highest BCUT2D eigenvalue weighted by atomic mass is 32.2. The van der Waals surface area contributed by atoms with Crippen molar-refractivity contribution in [1.29, 1.82) is 0 Å². The summed E-state index contributed by atoms with van der Waals surface area (Å²) in [5.41, 5.74) is 0. The maximum atomic E-state index is 11.7. The number of nitrogens with zero attached hydrogens (tertiary/aromatic N) is 2. The Bertz CT molecular complexity index is 394. The largest absolute Gasteiger partial charge is 0.379 e. The minimum atomic E-state index is -3.25. The van der Waals surface area contributed by atoms with Crippen LogP contribution in [0.4, 0.5) is 0 Å². The Labute approximate surface area is 121 Å². The molecular formula is C12H25N3O4S. The first-order valence-corrected chi connectivity index (χ1v) is 8.80. The Hall–Kier alpha value is -0.700. The summed E-state index contributed by atoms with van der Waals surface area (Å²) in [6.07, 6.45) is 1.61. The molecule has 7 nitrogen and oxygen atoms in total. The molecule has 1 N–H and O–H groups in total. The van der Waals surface area contributed by atoms with Crippen molar-refractivity contribution in [2.75, 3.05) is 58.7 Å². The summed E-state index contributed by atoms with van der Waals surface area (Å²) < 4.78 is 30.1. The highest BCUT2D eigenvalue weighted by molar-refractivity contribution is 7.88. The minimum Gasteiger partial charge on any atom is -0.379 e. The van der Waals surface area contributed by atoms with Crippen molar-refractivity contribution >= 4 is 15.9 Å². The van der Waals surface area contributed by atoms with Gasteiger partial charge in [0.25, 0.3) is 0 Å². The second-order valence-corrected chi connectivity index (χ2v) is 6.80. The van der Waals surface area contributed by atoms with Crippen LogP contribution in [0.15, 0.2) is 0 Å². The number of carbonyl (C=O) groups excluding carboxylic acids is 1. The van der Waals surface area contributed by atoms with E-state index in [0.717, 1.165) is 13.1 Å². The van der Waals surface area contributed by atoms with Gasteiger partial charge in [-0.1, -0.05) is 6.92 Å². The monoisotopic (exact) mass is 307 g/mol. The van der Waals surface area contributed by atoms with Crippen molar-refractivity contribution in [2.24, 2.45) is 0 Å². The van der Waals surface area contributed by atoms with Crippen molar-refractivity contribution in [3.05, 3.63) is 0 Å². The van der Waals surface area contributed by atoms with Crippen molar-refractivity contribution in [1.82, 2.24) is 14.5 Å². The van der Waals surface area contributed by atoms with Gasteiger partial charge >= 0.3 is 0 Å². The molecule has 0 aromatic carbocycles. The average molecular weight is 307 g/mol. The van der Waals surface area contributed by atoms with Crippen molar-refractivity contribution in [2.45, 2.75) is 13.3 Å². The zero-order valence-corrected chi connectivity index (χ0v) is 13.1. The zero-order valence-electron chi connectivity index (χ0n) is 12.3. The Morgan fingerprint density at radius 3 is 2.50 bits per heavy atom. The van der Waals surface area contributed by atoms with Gasteiger partial charge in [-0.3, -0.25) is 9.69 Å². The van der Waals surface area contributed by atoms with Gasteiger partial charge in [0.1, 0.15) is 0 Å². The van der Waals surface area contributed by atoms with Crippen LogP contribution in [-0.4, -0.2) is 82.3 Å². The van der Waals surface area contributed by atoms with E-state index in [2.05, 4.69) is 10.2 Å². The summed E-state index contributed by atoms with van der Waals surface area (Å²) in [6, 6.07) is 0. The molecule has 0 aromatic rings. The van der Waals surface area contributed by atoms with Crippen molar-refractivity contribution in [3.63, 3.8) is 0 Å². The van der Waals surface area contributed by atoms with Crippen LogP contribution in [0.2, 0.25) is 0 Å². The molecule has 118 valence electrons. The number of carbonyl (C=O) groups is 1. The molecule has 0 unspecified atom stereocenters. The van der Waals surface area contributed by atoms with Gasteiger partial charge in [-0.05, 0) is 0 Å². The predicted octanol–water partition coefficient (Wildman–Crippen LogP) is -0.894. The molecule has 1 aliphatic heterocycles. The van der Waals surface area contributed by atoms with E-state index in [1.165, 1.54) is 10.6 Å². The molecule has 20 heavy (non-hydrogen) atoms. The lowest BCUT2D eigenvalue weighted by molar-refractivity contribution is -0.120. The molecule has 0 aromatic heterocycles. The number of ether oxygens (including phenoxy) is 1. The van der Waals surface area contributed by atoms with Crippen LogP contribution in [0, 0.1) is 0 Å². The van der Waals surface area contributed by atoms with Crippen LogP contribution in [0.25, 0.3) is 0 Å². The van der Waals surface area contributed by atoms with Gasteiger partial charge in [0.05, 0.1) is 19.5 Å². The third kappa shape index (κ3) is 6.65. The van der Waals surface area contributed by atoms with Gasteiger partial charge in [0.2, 0.25) is 15.9 Å². The molecule has 8 heteroatoms. The molecule has 0 radical (unpaired) electrons. The van der Waals surface area contributed by atoms with E-state index >= 15 is 0 Å². The lowest BCUT2D eigenvalue weighted by Gasteiger charge is -2.29. The van der Waals surface area contributed by atoms with E-state index in [9.17, 15) is 13.2 Å². The molecule has 0 saturated carbocycles. The van der Waals surface area contributed by atoms with E-state index in [1.54, 1.807) is 6.92 Å². The van der Waals surface area contributed by atoms with Crippen LogP contribution in [0.3, 0.4) is 0 Å². The molecule has 1 saturated heterocycles. The molecule has 1 heterocycles. The van der Waals surface area contributed by atoms with Gasteiger partial charge in [-0.25, -0.2) is 8.42 Å². The number of rotatable bonds is 8. The summed E-state index contributed by atoms with van der Waals surface area (Å²) in [5, 5.41) is 2.69. The molecule has 0 atom stereocenters. The number of sulfonamides is 1. The molecule has 0 spiro atoms. The van der Waals surface area contributed by atoms with E-state index in [0.29, 0.717) is 45.8 Å². The van der Waals surface area contributed by atoms with E-state index in [-0.39, 0.29) is 5.91 Å². The van der Waals surface area contributed by atoms with Crippen LogP contribution in [-0.2, 0) is 19.6 Å². The molecule has 1 amide bonds. The highest BCUT2D eigenvalue weighted by Gasteiger charge is 2.18. The molecule has 1 rings (SSSR count). The van der Waals surface area contributed by atoms with Crippen LogP contribution < -0.4 is 5.32 Å². The fraction of sp³-hybridized carbons (Fsp3) is 0.917. The molecule has 0 bridgehead atoms. The summed E-state index contributed by atoms with van der Waals surface area (Å²) in [4.78, 5) is 13.3. The third-order valence-corrected chi connectivity index (χ3v) is 4.55. The highest BCUT2D eigenvalue weighted by Crippen LogP contribution is 2.01. The Morgan fingerprint density at radius 2 is 1.95 bits per heavy atom. The molecular weight excluding hydrogens is 282 g/mol. The number of amides is 1. The number of morpholine rings is 1. The van der Waals surface area contributed by atoms with Gasteiger partial charge in [-0.2, -0.15) is 4.31 Å². The maximum Gasteiger partial charge on any atom is 0.219 e. The van der Waals surface area contributed by atoms with Crippen LogP contribution >= 0.6 is 0 Å². The summed E-state index contributed by atoms with van der Waals surface area (Å²) in [6.45, 7) is 6.64. The topological polar surface area (TPSA) is 79.0 Å². The van der Waals surface area contributed by atoms with E-state index in [1.807, 2.05) is 0 Å². The average Bonchev–Trinajstić information content (AvgIpc) is 2.42. The smallest absolute Gasteiger partial charge is 0.219 e. The van der Waals surface area contributed by atoms with Gasteiger partial charge in [-0.15, -0.1) is 0 Å². The van der Waals surface area contributed by atoms with Gasteiger partial charge < -0.3 is 10.1 Å². The second-order valence-electron chi connectivity index (χ2n) is 4.82. The van der Waals surface area contributed by atoms with Gasteiger partial charge in [0, 0.05) is 45.7 Å². The lowest BCUT2D eigenvalue weighted by Crippen LogP contribution is -2.44. The Balaban J connectivity index is 2.37. The molecule has 1 aliphatic rings. The van der Waals surface area contributed by atoms with E-state index in [4.69, 9.17) is 4.74 Å². The van der Waals surface area contributed by atoms with Crippen molar-refractivity contribution in [3.8, 4) is 0 Å². The van der Waals surface area contributed by atoms with Gasteiger partial charge in [0.15, 0.2) is 0 Å². The van der Waals surface area contributed by atoms with Crippen molar-refractivity contribution < 1.29 is 17.9 Å². The second kappa shape index (κ2) is 8.56. The minimum absolute atomic E-state index is 0.0633. The third-order valence-electron chi connectivity index (χ3n) is 3.24. The standard InChI is InChI=1S/C12H25N3O4S/c1-3-12(16)13-4-5-15(20(2,17)18)7-6-14-8-10-19-11-9-14/h3-11H2,1-2H3,(H,13,16). The predicted molar refractivity (Wildman–Crippen MR) is 77.0 cm³/mol. The summed E-state index contributed by atoms with van der Waals surface area (Å²) in [5.74, 6) is -0.0633. The fourth-order valence-electron chi connectivity index (χ4n) is 1.97. The van der Waals surface area contributed by atoms with Crippen LogP contribution in [0.5, 0.6) is 0 Å². The number of nitrogens with one attached hydrogen (secondary N) is 1. The Kier molecular flexibility index (Phi) is 7.42. The fourth-order valence-corrected chi connectivity index (χ4v) is 2.80. The molecule has 0 aliphatic carbocycles. The quantitative estimate of drug-likeness (QED) is 0.629. The summed E-state index contributed by atoms with van der Waals surface area (Å²) >= 11 is 0. The first-order valence-electron chi connectivity index (χ1n) is 6.95. The SMILES string of the molecule is CCC(=O)NCCN(CCN1CCOCC1)S(C)(=O)=O. The Morgan fingerprint density at radius 1 is 1.30 bits per heavy atom. The number of hydrogen-bond donors (Lipinski definition) is 1. The first-order chi connectivity index (χ1) is 9.43. The normalized spacial score (nSPS) is 17.4. The summed E-state index contributed by atoms with van der Waals surface area (Å²) in [7, 11) is -3.25. The first kappa shape index (κ1) is 17.4. The van der Waals surface area contributed by atoms with Crippen LogP contribution in [0.1, 0.15) is 13.3 Å². The maximum absolute atomic E-state index is 11.7. The zero-order chi connectivity index (χ0) is 15.0. The number of hydrogen-bond acceptors (Lipinski definition) is 5. The van der Waals surface area contributed by atoms with E-state index < -0.39 is 10.0 Å².